The van der Waals surface area contributed by atoms with Crippen LogP contribution in [0.15, 0.2) is 24.3 Å². The van der Waals surface area contributed by atoms with Gasteiger partial charge in [0, 0.05) is 24.2 Å². The maximum Gasteiger partial charge on any atom is 0.252 e. The minimum Gasteiger partial charge on any atom is -0.351 e. The molecule has 110 valence electrons. The minimum atomic E-state index is 0.0357. The molecule has 1 aromatic heterocycles. The highest BCUT2D eigenvalue weighted by Crippen LogP contribution is 2.29. The first-order valence-electron chi connectivity index (χ1n) is 7.50. The normalized spacial score (nSPS) is 13.7. The summed E-state index contributed by atoms with van der Waals surface area (Å²) in [7, 11) is 4.01. The molecule has 1 aliphatic carbocycles. The highest BCUT2D eigenvalue weighted by molar-refractivity contribution is 6.07. The summed E-state index contributed by atoms with van der Waals surface area (Å²) in [5.74, 6) is 0.0357. The van der Waals surface area contributed by atoms with Crippen molar-refractivity contribution in [2.75, 3.05) is 27.2 Å². The summed E-state index contributed by atoms with van der Waals surface area (Å²) < 4.78 is 0. The minimum absolute atomic E-state index is 0.0357. The van der Waals surface area contributed by atoms with Gasteiger partial charge in [0.15, 0.2) is 0 Å². The van der Waals surface area contributed by atoms with Crippen molar-refractivity contribution in [3.63, 3.8) is 0 Å². The van der Waals surface area contributed by atoms with Crippen molar-refractivity contribution in [1.29, 1.82) is 0 Å². The van der Waals surface area contributed by atoms with Crippen LogP contribution in [-0.2, 0) is 12.8 Å². The van der Waals surface area contributed by atoms with Gasteiger partial charge < -0.3 is 10.2 Å². The Morgan fingerprint density at radius 3 is 2.90 bits per heavy atom. The summed E-state index contributed by atoms with van der Waals surface area (Å²) in [6.07, 6.45) is 3.04. The third-order valence-corrected chi connectivity index (χ3v) is 3.99. The summed E-state index contributed by atoms with van der Waals surface area (Å²) in [5, 5.41) is 4.02. The van der Waals surface area contributed by atoms with E-state index in [0.29, 0.717) is 6.54 Å². The number of pyridine rings is 1. The lowest BCUT2D eigenvalue weighted by Gasteiger charge is -2.14. The molecule has 0 saturated carbocycles. The van der Waals surface area contributed by atoms with Gasteiger partial charge in [-0.1, -0.05) is 18.2 Å². The van der Waals surface area contributed by atoms with E-state index in [1.165, 1.54) is 0 Å². The lowest BCUT2D eigenvalue weighted by atomic mass is 10.0. The molecule has 4 nitrogen and oxygen atoms in total. The van der Waals surface area contributed by atoms with Gasteiger partial charge in [-0.05, 0) is 45.0 Å². The average Bonchev–Trinajstić information content (AvgIpc) is 2.91. The number of benzene rings is 1. The molecule has 4 heteroatoms. The first-order chi connectivity index (χ1) is 10.2. The Morgan fingerprint density at radius 1 is 1.29 bits per heavy atom. The van der Waals surface area contributed by atoms with Gasteiger partial charge in [-0.15, -0.1) is 0 Å². The summed E-state index contributed by atoms with van der Waals surface area (Å²) in [5.41, 5.74) is 4.02. The van der Waals surface area contributed by atoms with Crippen molar-refractivity contribution >= 4 is 16.8 Å². The third-order valence-electron chi connectivity index (χ3n) is 3.99. The van der Waals surface area contributed by atoms with Gasteiger partial charge in [-0.3, -0.25) is 9.78 Å². The van der Waals surface area contributed by atoms with Crippen molar-refractivity contribution in [2.45, 2.75) is 19.3 Å². The second kappa shape index (κ2) is 5.82. The van der Waals surface area contributed by atoms with Crippen LogP contribution in [0.3, 0.4) is 0 Å². The number of carbonyl (C=O) groups excluding carboxylic acids is 1. The number of nitrogens with zero attached hydrogens (tertiary/aromatic N) is 2. The number of hydrogen-bond donors (Lipinski definition) is 1. The summed E-state index contributed by atoms with van der Waals surface area (Å²) in [6, 6.07) is 7.94. The van der Waals surface area contributed by atoms with Crippen LogP contribution in [0.1, 0.15) is 28.0 Å². The lowest BCUT2D eigenvalue weighted by Crippen LogP contribution is -2.32. The zero-order valence-electron chi connectivity index (χ0n) is 12.6. The Bertz CT molecular complexity index is 679. The summed E-state index contributed by atoms with van der Waals surface area (Å²) >= 11 is 0. The maximum atomic E-state index is 12.6. The number of rotatable bonds is 4. The standard InChI is InChI=1S/C17H21N3O/c1-20(2)11-10-18-17(21)16-12-6-3-4-8-14(12)19-15-9-5-7-13(15)16/h3-4,6,8H,5,7,9-11H2,1-2H3,(H,18,21). The maximum absolute atomic E-state index is 12.6. The second-order valence-electron chi connectivity index (χ2n) is 5.84. The number of nitrogens with one attached hydrogen (secondary N) is 1. The second-order valence-corrected chi connectivity index (χ2v) is 5.84. The fraction of sp³-hybridized carbons (Fsp3) is 0.412. The SMILES string of the molecule is CN(C)CCNC(=O)c1c2c(nc3ccccc13)CCC2. The molecule has 1 N–H and O–H groups in total. The molecule has 21 heavy (non-hydrogen) atoms. The molecule has 3 rings (SSSR count). The number of amides is 1. The molecule has 1 amide bonds. The molecule has 2 aromatic rings. The van der Waals surface area contributed by atoms with Crippen LogP contribution >= 0.6 is 0 Å². The highest BCUT2D eigenvalue weighted by Gasteiger charge is 2.23. The molecule has 0 unspecified atom stereocenters. The van der Waals surface area contributed by atoms with Crippen LogP contribution in [0.2, 0.25) is 0 Å². The quantitative estimate of drug-likeness (QED) is 0.933. The van der Waals surface area contributed by atoms with Crippen molar-refractivity contribution in [2.24, 2.45) is 0 Å². The van der Waals surface area contributed by atoms with Crippen molar-refractivity contribution in [3.05, 3.63) is 41.1 Å². The molecular formula is C17H21N3O. The number of aromatic nitrogens is 1. The average molecular weight is 283 g/mol. The van der Waals surface area contributed by atoms with E-state index in [9.17, 15) is 4.79 Å². The number of hydrogen-bond acceptors (Lipinski definition) is 3. The van der Waals surface area contributed by atoms with E-state index in [1.54, 1.807) is 0 Å². The molecule has 0 atom stereocenters. The molecule has 0 spiro atoms. The molecule has 0 aliphatic heterocycles. The van der Waals surface area contributed by atoms with E-state index < -0.39 is 0 Å². The molecular weight excluding hydrogens is 262 g/mol. The van der Waals surface area contributed by atoms with E-state index in [2.05, 4.69) is 10.2 Å². The predicted molar refractivity (Wildman–Crippen MR) is 84.7 cm³/mol. The van der Waals surface area contributed by atoms with Crippen LogP contribution < -0.4 is 5.32 Å². The molecule has 0 radical (unpaired) electrons. The molecule has 1 heterocycles. The number of likely N-dealkylation sites (N-methyl/N-ethyl adjacent to an activating group) is 1. The largest absolute Gasteiger partial charge is 0.351 e. The zero-order valence-corrected chi connectivity index (χ0v) is 12.6. The van der Waals surface area contributed by atoms with Crippen molar-refractivity contribution in [3.8, 4) is 0 Å². The predicted octanol–water partition coefficient (Wildman–Crippen LogP) is 2.01. The van der Waals surface area contributed by atoms with Gasteiger partial charge in [0.1, 0.15) is 0 Å². The summed E-state index contributed by atoms with van der Waals surface area (Å²) in [6.45, 7) is 1.51. The van der Waals surface area contributed by atoms with Gasteiger partial charge in [0.2, 0.25) is 0 Å². The Balaban J connectivity index is 1.98. The van der Waals surface area contributed by atoms with Crippen LogP contribution in [0.5, 0.6) is 0 Å². The molecule has 0 fully saturated rings. The molecule has 1 aliphatic rings. The highest BCUT2D eigenvalue weighted by atomic mass is 16.1. The van der Waals surface area contributed by atoms with Crippen molar-refractivity contribution < 1.29 is 4.79 Å². The van der Waals surface area contributed by atoms with Crippen LogP contribution in [0, 0.1) is 0 Å². The smallest absolute Gasteiger partial charge is 0.252 e. The van der Waals surface area contributed by atoms with Crippen LogP contribution in [0.25, 0.3) is 10.9 Å². The van der Waals surface area contributed by atoms with Gasteiger partial charge in [0.05, 0.1) is 11.1 Å². The first-order valence-corrected chi connectivity index (χ1v) is 7.50. The lowest BCUT2D eigenvalue weighted by molar-refractivity contribution is 0.0952. The van der Waals surface area contributed by atoms with Gasteiger partial charge in [-0.2, -0.15) is 0 Å². The van der Waals surface area contributed by atoms with E-state index in [0.717, 1.165) is 53.5 Å². The molecule has 1 aromatic carbocycles. The fourth-order valence-electron chi connectivity index (χ4n) is 2.95. The number of fused-ring (bicyclic) bond motifs is 2. The van der Waals surface area contributed by atoms with Gasteiger partial charge in [-0.25, -0.2) is 0 Å². The van der Waals surface area contributed by atoms with Gasteiger partial charge >= 0.3 is 0 Å². The first kappa shape index (κ1) is 14.0. The van der Waals surface area contributed by atoms with Gasteiger partial charge in [0.25, 0.3) is 5.91 Å². The third kappa shape index (κ3) is 2.76. The monoisotopic (exact) mass is 283 g/mol. The topological polar surface area (TPSA) is 45.2 Å². The Labute approximate surface area is 125 Å². The Morgan fingerprint density at radius 2 is 2.10 bits per heavy atom. The van der Waals surface area contributed by atoms with Crippen LogP contribution in [-0.4, -0.2) is 43.0 Å². The van der Waals surface area contributed by atoms with E-state index in [4.69, 9.17) is 4.98 Å². The van der Waals surface area contributed by atoms with E-state index in [-0.39, 0.29) is 5.91 Å². The van der Waals surface area contributed by atoms with E-state index >= 15 is 0 Å². The number of para-hydroxylation sites is 1. The Hall–Kier alpha value is -1.94. The zero-order chi connectivity index (χ0) is 14.8. The number of aryl methyl sites for hydroxylation is 1. The Kier molecular flexibility index (Phi) is 3.88. The summed E-state index contributed by atoms with van der Waals surface area (Å²) in [4.78, 5) is 19.4. The van der Waals surface area contributed by atoms with E-state index in [1.807, 2.05) is 38.4 Å². The fourth-order valence-corrected chi connectivity index (χ4v) is 2.95. The molecule has 0 saturated heterocycles. The van der Waals surface area contributed by atoms with Crippen molar-refractivity contribution in [1.82, 2.24) is 15.2 Å². The number of carbonyl (C=O) groups is 1. The van der Waals surface area contributed by atoms with Crippen LogP contribution in [0.4, 0.5) is 0 Å². The molecule has 0 bridgehead atoms.